The van der Waals surface area contributed by atoms with E-state index in [0.717, 1.165) is 12.8 Å². The van der Waals surface area contributed by atoms with Gasteiger partial charge in [-0.2, -0.15) is 0 Å². The third-order valence-corrected chi connectivity index (χ3v) is 2.02. The predicted octanol–water partition coefficient (Wildman–Crippen LogP) is 0.0701. The van der Waals surface area contributed by atoms with Crippen LogP contribution in [0.1, 0.15) is 19.3 Å². The molecule has 3 nitrogen and oxygen atoms in total. The van der Waals surface area contributed by atoms with Crippen LogP contribution in [0.25, 0.3) is 0 Å². The summed E-state index contributed by atoms with van der Waals surface area (Å²) in [4.78, 5) is 12.6. The zero-order valence-electron chi connectivity index (χ0n) is 5.71. The number of allylic oxidation sites excluding steroid dienone is 1. The van der Waals surface area contributed by atoms with Gasteiger partial charge < -0.3 is 10.4 Å². The van der Waals surface area contributed by atoms with Crippen LogP contribution in [0.5, 0.6) is 0 Å². The average Bonchev–Trinajstić information content (AvgIpc) is 1.86. The standard InChI is InChI=1S/C7H9NO.H2O/c9-7-5-6-3-1-2-4-8(6)7;/h2,4,6H,1,3,5H2;1H2/t6-;/m1./s1. The largest absolute Gasteiger partial charge is 0.412 e. The molecular weight excluding hydrogens is 130 g/mol. The Hall–Kier alpha value is -0.830. The third-order valence-electron chi connectivity index (χ3n) is 2.02. The van der Waals surface area contributed by atoms with Gasteiger partial charge in [0.05, 0.1) is 0 Å². The molecule has 0 aliphatic carbocycles. The van der Waals surface area contributed by atoms with E-state index in [9.17, 15) is 4.79 Å². The van der Waals surface area contributed by atoms with Gasteiger partial charge in [-0.25, -0.2) is 0 Å². The molecule has 3 heteroatoms. The average molecular weight is 141 g/mol. The molecule has 0 bridgehead atoms. The molecule has 0 aromatic carbocycles. The minimum absolute atomic E-state index is 0. The van der Waals surface area contributed by atoms with Crippen molar-refractivity contribution in [3.05, 3.63) is 12.3 Å². The highest BCUT2D eigenvalue weighted by Crippen LogP contribution is 2.27. The van der Waals surface area contributed by atoms with Crippen molar-refractivity contribution in [1.82, 2.24) is 4.90 Å². The van der Waals surface area contributed by atoms with E-state index in [1.54, 1.807) is 0 Å². The number of hydrogen-bond acceptors (Lipinski definition) is 1. The van der Waals surface area contributed by atoms with Gasteiger partial charge in [-0.05, 0) is 12.8 Å². The van der Waals surface area contributed by atoms with E-state index in [4.69, 9.17) is 0 Å². The molecule has 1 atom stereocenters. The first-order chi connectivity index (χ1) is 4.38. The lowest BCUT2D eigenvalue weighted by molar-refractivity contribution is -0.141. The van der Waals surface area contributed by atoms with Gasteiger partial charge >= 0.3 is 0 Å². The number of fused-ring (bicyclic) bond motifs is 1. The number of β-lactam (4-membered cyclic amide) rings is 1. The van der Waals surface area contributed by atoms with E-state index in [2.05, 4.69) is 6.08 Å². The van der Waals surface area contributed by atoms with Gasteiger partial charge in [0.25, 0.3) is 0 Å². The van der Waals surface area contributed by atoms with E-state index in [1.807, 2.05) is 11.1 Å². The zero-order chi connectivity index (χ0) is 6.27. The second-order valence-corrected chi connectivity index (χ2v) is 2.62. The number of hydrogen-bond donors (Lipinski definition) is 0. The minimum atomic E-state index is 0. The number of carbonyl (C=O) groups excluding carboxylic acids is 1. The van der Waals surface area contributed by atoms with Crippen LogP contribution in [0.4, 0.5) is 0 Å². The molecule has 2 heterocycles. The highest BCUT2D eigenvalue weighted by Gasteiger charge is 2.34. The summed E-state index contributed by atoms with van der Waals surface area (Å²) in [6.45, 7) is 0. The Kier molecular flexibility index (Phi) is 1.76. The third kappa shape index (κ3) is 0.827. The molecule has 2 aliphatic rings. The molecule has 0 radical (unpaired) electrons. The lowest BCUT2D eigenvalue weighted by Crippen LogP contribution is -2.50. The number of rotatable bonds is 0. The molecule has 1 amide bonds. The van der Waals surface area contributed by atoms with Gasteiger partial charge in [0.15, 0.2) is 0 Å². The summed E-state index contributed by atoms with van der Waals surface area (Å²) in [6, 6.07) is 0.558. The van der Waals surface area contributed by atoms with Crippen molar-refractivity contribution in [3.63, 3.8) is 0 Å². The maximum atomic E-state index is 10.7. The molecule has 56 valence electrons. The van der Waals surface area contributed by atoms with Crippen LogP contribution in [0.2, 0.25) is 0 Å². The van der Waals surface area contributed by atoms with Crippen molar-refractivity contribution < 1.29 is 10.3 Å². The highest BCUT2D eigenvalue weighted by molar-refractivity contribution is 5.84. The Morgan fingerprint density at radius 2 is 2.40 bits per heavy atom. The van der Waals surface area contributed by atoms with E-state index in [1.165, 1.54) is 6.42 Å². The molecule has 0 unspecified atom stereocenters. The van der Waals surface area contributed by atoms with Crippen molar-refractivity contribution in [2.24, 2.45) is 0 Å². The zero-order valence-corrected chi connectivity index (χ0v) is 5.71. The van der Waals surface area contributed by atoms with Crippen molar-refractivity contribution in [2.45, 2.75) is 25.3 Å². The monoisotopic (exact) mass is 141 g/mol. The van der Waals surface area contributed by atoms with Crippen LogP contribution in [-0.2, 0) is 4.79 Å². The highest BCUT2D eigenvalue weighted by atomic mass is 16.2. The molecule has 0 aromatic heterocycles. The fourth-order valence-corrected chi connectivity index (χ4v) is 1.42. The van der Waals surface area contributed by atoms with Crippen molar-refractivity contribution in [3.8, 4) is 0 Å². The topological polar surface area (TPSA) is 51.8 Å². The van der Waals surface area contributed by atoms with Crippen LogP contribution in [0.15, 0.2) is 12.3 Å². The molecule has 0 spiro atoms. The smallest absolute Gasteiger partial charge is 0.228 e. The molecule has 2 aliphatic heterocycles. The van der Waals surface area contributed by atoms with Crippen LogP contribution in [0.3, 0.4) is 0 Å². The van der Waals surface area contributed by atoms with Crippen molar-refractivity contribution >= 4 is 5.91 Å². The Balaban J connectivity index is 0.000000500. The number of nitrogens with zero attached hydrogens (tertiary/aromatic N) is 1. The van der Waals surface area contributed by atoms with E-state index in [-0.39, 0.29) is 11.4 Å². The SMILES string of the molecule is O.O=C1C[C@H]2CCC=CN12. The first kappa shape index (κ1) is 7.28. The summed E-state index contributed by atoms with van der Waals surface area (Å²) < 4.78 is 0. The molecule has 2 N–H and O–H groups in total. The molecular formula is C7H11NO2. The predicted molar refractivity (Wildman–Crippen MR) is 37.2 cm³/mol. The van der Waals surface area contributed by atoms with Crippen LogP contribution < -0.4 is 0 Å². The first-order valence-electron chi connectivity index (χ1n) is 3.36. The molecule has 1 fully saturated rings. The summed E-state index contributed by atoms with van der Waals surface area (Å²) >= 11 is 0. The van der Waals surface area contributed by atoms with Crippen LogP contribution in [0, 0.1) is 0 Å². The van der Waals surface area contributed by atoms with Gasteiger partial charge in [0.2, 0.25) is 5.91 Å². The van der Waals surface area contributed by atoms with Crippen molar-refractivity contribution in [2.75, 3.05) is 0 Å². The van der Waals surface area contributed by atoms with Crippen LogP contribution >= 0.6 is 0 Å². The number of amides is 1. The first-order valence-corrected chi connectivity index (χ1v) is 3.36. The van der Waals surface area contributed by atoms with Gasteiger partial charge in [0.1, 0.15) is 0 Å². The fraction of sp³-hybridized carbons (Fsp3) is 0.571. The molecule has 0 saturated carbocycles. The Labute approximate surface area is 59.6 Å². The molecule has 2 rings (SSSR count). The van der Waals surface area contributed by atoms with Crippen LogP contribution in [-0.4, -0.2) is 22.3 Å². The van der Waals surface area contributed by atoms with E-state index >= 15 is 0 Å². The summed E-state index contributed by atoms with van der Waals surface area (Å²) in [5.41, 5.74) is 0. The summed E-state index contributed by atoms with van der Waals surface area (Å²) in [7, 11) is 0. The normalized spacial score (nSPS) is 28.6. The van der Waals surface area contributed by atoms with Gasteiger partial charge in [-0.1, -0.05) is 6.08 Å². The molecule has 0 aromatic rings. The number of carbonyl (C=O) groups is 1. The van der Waals surface area contributed by atoms with Crippen molar-refractivity contribution in [1.29, 1.82) is 0 Å². The molecule has 10 heavy (non-hydrogen) atoms. The minimum Gasteiger partial charge on any atom is -0.412 e. The lowest BCUT2D eigenvalue weighted by Gasteiger charge is -2.40. The molecule has 1 saturated heterocycles. The Morgan fingerprint density at radius 1 is 1.60 bits per heavy atom. The van der Waals surface area contributed by atoms with Gasteiger partial charge in [-0.15, -0.1) is 0 Å². The van der Waals surface area contributed by atoms with E-state index < -0.39 is 0 Å². The second-order valence-electron chi connectivity index (χ2n) is 2.62. The van der Waals surface area contributed by atoms with Gasteiger partial charge in [-0.3, -0.25) is 4.79 Å². The maximum absolute atomic E-state index is 10.7. The Bertz CT molecular complexity index is 176. The summed E-state index contributed by atoms with van der Waals surface area (Å²) in [6.07, 6.45) is 7.08. The Morgan fingerprint density at radius 3 is 2.90 bits per heavy atom. The van der Waals surface area contributed by atoms with E-state index in [0.29, 0.717) is 6.04 Å². The summed E-state index contributed by atoms with van der Waals surface area (Å²) in [5.74, 6) is 0.288. The maximum Gasteiger partial charge on any atom is 0.228 e. The summed E-state index contributed by atoms with van der Waals surface area (Å²) in [5, 5.41) is 0. The fourth-order valence-electron chi connectivity index (χ4n) is 1.42. The second kappa shape index (κ2) is 2.42. The van der Waals surface area contributed by atoms with Gasteiger partial charge in [0, 0.05) is 18.7 Å². The quantitative estimate of drug-likeness (QED) is 0.440. The lowest BCUT2D eigenvalue weighted by atomic mass is 9.95.